The molecule has 7 nitrogen and oxygen atoms in total. The lowest BCUT2D eigenvalue weighted by atomic mass is 9.90. The van der Waals surface area contributed by atoms with Gasteiger partial charge in [0, 0.05) is 4.88 Å². The fourth-order valence-electron chi connectivity index (χ4n) is 4.62. The van der Waals surface area contributed by atoms with Crippen molar-refractivity contribution in [1.82, 2.24) is 0 Å². The first-order valence-corrected chi connectivity index (χ1v) is 11.8. The number of ether oxygens (including phenoxy) is 1. The maximum absolute atomic E-state index is 13.9. The van der Waals surface area contributed by atoms with E-state index in [1.165, 1.54) is 18.4 Å². The second kappa shape index (κ2) is 8.38. The van der Waals surface area contributed by atoms with Crippen molar-refractivity contribution in [1.29, 1.82) is 0 Å². The van der Waals surface area contributed by atoms with Gasteiger partial charge in [0.1, 0.15) is 10.9 Å². The molecule has 3 atom stereocenters. The third-order valence-corrected chi connectivity index (χ3v) is 7.70. The highest BCUT2D eigenvalue weighted by atomic mass is 32.1. The Morgan fingerprint density at radius 2 is 1.65 bits per heavy atom. The molecule has 2 aliphatic rings. The van der Waals surface area contributed by atoms with Crippen LogP contribution in [0.5, 0.6) is 0 Å². The maximum Gasteiger partial charge on any atom is 0.341 e. The molecule has 174 valence electrons. The predicted molar refractivity (Wildman–Crippen MR) is 129 cm³/mol. The summed E-state index contributed by atoms with van der Waals surface area (Å²) < 4.78 is 4.95. The van der Waals surface area contributed by atoms with Gasteiger partial charge in [-0.1, -0.05) is 48.0 Å². The standard InChI is InChI=1S/C26H24N2O5S/c1-14-10-12-17(13-11-14)21-20-22(33-28(21)18-8-6-5-7-9-18)24(30)27(23(20)29)25-19(26(31)32-4)15(2)16(3)34-25/h5-13,20-22H,1-4H3/t20-,21+,22-/m1/s1. The Morgan fingerprint density at radius 1 is 0.971 bits per heavy atom. The monoisotopic (exact) mass is 476 g/mol. The normalized spacial score (nSPS) is 21.8. The molecule has 0 unspecified atom stereocenters. The topological polar surface area (TPSA) is 76.2 Å². The quantitative estimate of drug-likeness (QED) is 0.407. The van der Waals surface area contributed by atoms with Crippen LogP contribution in [-0.4, -0.2) is 31.0 Å². The smallest absolute Gasteiger partial charge is 0.341 e. The van der Waals surface area contributed by atoms with Crippen molar-refractivity contribution >= 4 is 39.8 Å². The first-order chi connectivity index (χ1) is 16.3. The number of amides is 2. The molecule has 2 amide bonds. The van der Waals surface area contributed by atoms with Crippen LogP contribution in [0.15, 0.2) is 54.6 Å². The molecule has 2 aliphatic heterocycles. The lowest BCUT2D eigenvalue weighted by molar-refractivity contribution is -0.126. The number of carbonyl (C=O) groups excluding carboxylic acids is 3. The number of nitrogens with zero attached hydrogens (tertiary/aromatic N) is 2. The molecule has 0 radical (unpaired) electrons. The number of para-hydroxylation sites is 1. The van der Waals surface area contributed by atoms with Crippen LogP contribution in [0.1, 0.15) is 38.0 Å². The Hall–Kier alpha value is -3.49. The Bertz CT molecular complexity index is 1280. The predicted octanol–water partition coefficient (Wildman–Crippen LogP) is 4.51. The average molecular weight is 477 g/mol. The number of hydroxylamine groups is 1. The van der Waals surface area contributed by atoms with E-state index in [9.17, 15) is 14.4 Å². The summed E-state index contributed by atoms with van der Waals surface area (Å²) in [5, 5.41) is 1.96. The van der Waals surface area contributed by atoms with Crippen molar-refractivity contribution < 1.29 is 24.0 Å². The Morgan fingerprint density at radius 3 is 2.29 bits per heavy atom. The fourth-order valence-corrected chi connectivity index (χ4v) is 5.78. The van der Waals surface area contributed by atoms with E-state index >= 15 is 0 Å². The van der Waals surface area contributed by atoms with E-state index in [0.29, 0.717) is 10.6 Å². The number of hydrogen-bond donors (Lipinski definition) is 0. The van der Waals surface area contributed by atoms with Gasteiger partial charge in [0.25, 0.3) is 5.91 Å². The van der Waals surface area contributed by atoms with Crippen molar-refractivity contribution in [2.45, 2.75) is 32.9 Å². The molecular formula is C26H24N2O5S. The van der Waals surface area contributed by atoms with E-state index in [0.717, 1.165) is 26.6 Å². The van der Waals surface area contributed by atoms with E-state index < -0.39 is 29.9 Å². The number of methoxy groups -OCH3 is 1. The third-order valence-electron chi connectivity index (χ3n) is 6.50. The number of carbonyl (C=O) groups is 3. The number of benzene rings is 2. The zero-order chi connectivity index (χ0) is 24.1. The van der Waals surface area contributed by atoms with Crippen LogP contribution in [0.25, 0.3) is 0 Å². The number of esters is 1. The molecule has 5 rings (SSSR count). The number of anilines is 2. The molecular weight excluding hydrogens is 452 g/mol. The summed E-state index contributed by atoms with van der Waals surface area (Å²) >= 11 is 1.24. The lowest BCUT2D eigenvalue weighted by Gasteiger charge is -2.28. The number of aryl methyl sites for hydroxylation is 2. The molecule has 0 bridgehead atoms. The minimum absolute atomic E-state index is 0.249. The van der Waals surface area contributed by atoms with Gasteiger partial charge in [-0.15, -0.1) is 11.3 Å². The van der Waals surface area contributed by atoms with Gasteiger partial charge in [-0.3, -0.25) is 14.4 Å². The molecule has 3 aromatic rings. The fraction of sp³-hybridized carbons (Fsp3) is 0.269. The third kappa shape index (κ3) is 3.33. The van der Waals surface area contributed by atoms with Gasteiger partial charge in [-0.05, 0) is 44.0 Å². The van der Waals surface area contributed by atoms with Crippen molar-refractivity contribution in [2.24, 2.45) is 5.92 Å². The highest BCUT2D eigenvalue weighted by molar-refractivity contribution is 7.17. The van der Waals surface area contributed by atoms with E-state index in [-0.39, 0.29) is 11.5 Å². The second-order valence-electron chi connectivity index (χ2n) is 8.54. The van der Waals surface area contributed by atoms with Crippen LogP contribution < -0.4 is 9.96 Å². The van der Waals surface area contributed by atoms with Crippen LogP contribution in [0.4, 0.5) is 10.7 Å². The van der Waals surface area contributed by atoms with E-state index in [4.69, 9.17) is 9.57 Å². The lowest BCUT2D eigenvalue weighted by Crippen LogP contribution is -2.37. The second-order valence-corrected chi connectivity index (χ2v) is 9.74. The van der Waals surface area contributed by atoms with Crippen LogP contribution >= 0.6 is 11.3 Å². The molecule has 2 fully saturated rings. The Kier molecular flexibility index (Phi) is 5.50. The summed E-state index contributed by atoms with van der Waals surface area (Å²) in [6.07, 6.45) is -0.993. The minimum atomic E-state index is -0.993. The minimum Gasteiger partial charge on any atom is -0.465 e. The van der Waals surface area contributed by atoms with Gasteiger partial charge >= 0.3 is 5.97 Å². The van der Waals surface area contributed by atoms with Gasteiger partial charge in [0.15, 0.2) is 6.10 Å². The van der Waals surface area contributed by atoms with Gasteiger partial charge < -0.3 is 4.74 Å². The highest BCUT2D eigenvalue weighted by Gasteiger charge is 2.61. The summed E-state index contributed by atoms with van der Waals surface area (Å²) in [5.74, 6) is -2.19. The summed E-state index contributed by atoms with van der Waals surface area (Å²) in [7, 11) is 1.29. The molecule has 3 heterocycles. The molecule has 0 aliphatic carbocycles. The van der Waals surface area contributed by atoms with Crippen molar-refractivity contribution in [3.8, 4) is 0 Å². The maximum atomic E-state index is 13.9. The SMILES string of the molecule is COC(=O)c1c(N2C(=O)[C@H]3[C@@H](ON(c4ccccc4)[C@H]3c3ccc(C)cc3)C2=O)sc(C)c1C. The summed E-state index contributed by atoms with van der Waals surface area (Å²) in [6, 6.07) is 16.8. The van der Waals surface area contributed by atoms with Gasteiger partial charge in [0.05, 0.1) is 24.4 Å². The first kappa shape index (κ1) is 22.3. The van der Waals surface area contributed by atoms with Gasteiger partial charge in [-0.2, -0.15) is 0 Å². The first-order valence-electron chi connectivity index (χ1n) is 11.0. The molecule has 1 aromatic heterocycles. The van der Waals surface area contributed by atoms with Crippen LogP contribution in [0, 0.1) is 26.7 Å². The zero-order valence-electron chi connectivity index (χ0n) is 19.3. The molecule has 0 N–H and O–H groups in total. The number of rotatable bonds is 4. The Balaban J connectivity index is 1.61. The highest BCUT2D eigenvalue weighted by Crippen LogP contribution is 2.49. The number of thiophene rings is 1. The summed E-state index contributed by atoms with van der Waals surface area (Å²) in [5.41, 5.74) is 3.67. The summed E-state index contributed by atoms with van der Waals surface area (Å²) in [6.45, 7) is 5.63. The molecule has 2 aromatic carbocycles. The van der Waals surface area contributed by atoms with Crippen molar-refractivity contribution in [2.75, 3.05) is 17.1 Å². The number of imide groups is 1. The summed E-state index contributed by atoms with van der Waals surface area (Å²) in [4.78, 5) is 48.1. The largest absolute Gasteiger partial charge is 0.465 e. The number of hydrogen-bond acceptors (Lipinski definition) is 7. The van der Waals surface area contributed by atoms with E-state index in [1.54, 1.807) is 12.0 Å². The van der Waals surface area contributed by atoms with Crippen LogP contribution in [0.3, 0.4) is 0 Å². The number of fused-ring (bicyclic) bond motifs is 1. The molecule has 34 heavy (non-hydrogen) atoms. The van der Waals surface area contributed by atoms with E-state index in [2.05, 4.69) is 0 Å². The zero-order valence-corrected chi connectivity index (χ0v) is 20.1. The van der Waals surface area contributed by atoms with Crippen molar-refractivity contribution in [3.63, 3.8) is 0 Å². The van der Waals surface area contributed by atoms with E-state index in [1.807, 2.05) is 68.4 Å². The van der Waals surface area contributed by atoms with Crippen molar-refractivity contribution in [3.05, 3.63) is 81.7 Å². The molecule has 8 heteroatoms. The average Bonchev–Trinajstić information content (AvgIpc) is 3.45. The Labute approximate surface area is 201 Å². The molecule has 0 saturated carbocycles. The van der Waals surface area contributed by atoms with Crippen LogP contribution in [0.2, 0.25) is 0 Å². The van der Waals surface area contributed by atoms with Gasteiger partial charge in [0.2, 0.25) is 5.91 Å². The van der Waals surface area contributed by atoms with Crippen LogP contribution in [-0.2, 0) is 19.2 Å². The van der Waals surface area contributed by atoms with Gasteiger partial charge in [-0.25, -0.2) is 14.8 Å². The molecule has 0 spiro atoms. The molecule has 2 saturated heterocycles.